The first-order valence-corrected chi connectivity index (χ1v) is 11.9. The van der Waals surface area contributed by atoms with E-state index in [-0.39, 0.29) is 5.92 Å². The summed E-state index contributed by atoms with van der Waals surface area (Å²) in [6, 6.07) is 12.7. The lowest BCUT2D eigenvalue weighted by Crippen LogP contribution is -2.14. The predicted molar refractivity (Wildman–Crippen MR) is 89.5 cm³/mol. The highest BCUT2D eigenvalue weighted by molar-refractivity contribution is 9.10. The Morgan fingerprint density at radius 2 is 1.63 bits per heavy atom. The lowest BCUT2D eigenvalue weighted by atomic mass is 9.99. The minimum Gasteiger partial charge on any atom is -0.126 e. The topological polar surface area (TPSA) is 0 Å². The summed E-state index contributed by atoms with van der Waals surface area (Å²) in [4.78, 5) is 0. The van der Waals surface area contributed by atoms with E-state index in [1.807, 2.05) is 6.07 Å². The summed E-state index contributed by atoms with van der Waals surface area (Å²) in [7, 11) is 0. The maximum Gasteiger partial charge on any atom is 0.342 e. The molecule has 0 saturated carbocycles. The Kier molecular flexibility index (Phi) is 3.74. The van der Waals surface area contributed by atoms with Gasteiger partial charge in [0, 0.05) is 10.4 Å². The van der Waals surface area contributed by atoms with Crippen LogP contribution < -0.4 is 0 Å². The van der Waals surface area contributed by atoms with Gasteiger partial charge in [-0.15, -0.1) is 33.2 Å². The lowest BCUT2D eigenvalue weighted by Gasteiger charge is -2.17. The van der Waals surface area contributed by atoms with Gasteiger partial charge in [0.05, 0.1) is 0 Å². The molecule has 0 aromatic heterocycles. The van der Waals surface area contributed by atoms with Crippen molar-refractivity contribution in [3.05, 3.63) is 58.1 Å². The number of hydrogen-bond acceptors (Lipinski definition) is 0. The fourth-order valence-electron chi connectivity index (χ4n) is 2.73. The molecule has 0 heterocycles. The van der Waals surface area contributed by atoms with Crippen molar-refractivity contribution in [1.29, 1.82) is 0 Å². The second-order valence-corrected chi connectivity index (χ2v) is 14.8. The van der Waals surface area contributed by atoms with Crippen LogP contribution in [0.3, 0.4) is 0 Å². The van der Waals surface area contributed by atoms with Crippen LogP contribution in [0.15, 0.2) is 46.9 Å². The highest BCUT2D eigenvalue weighted by Gasteiger charge is 2.36. The standard InChI is InChI=1S/C14H10BrCl3Si/c15-9-5-6-12-10-3-1-2-4-11(10)14(13(12)7-9)8-19(16,17)18/h1-7,14H,8H2. The van der Waals surface area contributed by atoms with Gasteiger partial charge in [-0.2, -0.15) is 0 Å². The smallest absolute Gasteiger partial charge is 0.126 e. The van der Waals surface area contributed by atoms with Gasteiger partial charge < -0.3 is 0 Å². The Balaban J connectivity index is 2.17. The van der Waals surface area contributed by atoms with Gasteiger partial charge in [0.1, 0.15) is 0 Å². The second kappa shape index (κ2) is 5.08. The molecule has 2 aromatic rings. The third-order valence-corrected chi connectivity index (χ3v) is 6.20. The van der Waals surface area contributed by atoms with Crippen molar-refractivity contribution in [2.45, 2.75) is 12.0 Å². The second-order valence-electron chi connectivity index (χ2n) is 4.69. The number of hydrogen-bond donors (Lipinski definition) is 0. The van der Waals surface area contributed by atoms with Gasteiger partial charge in [-0.3, -0.25) is 0 Å². The lowest BCUT2D eigenvalue weighted by molar-refractivity contribution is 0.945. The molecule has 0 saturated heterocycles. The molecule has 0 nitrogen and oxygen atoms in total. The maximum absolute atomic E-state index is 6.14. The van der Waals surface area contributed by atoms with Gasteiger partial charge in [-0.1, -0.05) is 46.3 Å². The zero-order valence-corrected chi connectivity index (χ0v) is 14.7. The van der Waals surface area contributed by atoms with Crippen molar-refractivity contribution >= 4 is 55.2 Å². The first-order valence-electron chi connectivity index (χ1n) is 5.91. The molecule has 0 amide bonds. The molecular weight excluding hydrogens is 383 g/mol. The van der Waals surface area contributed by atoms with Gasteiger partial charge in [0.2, 0.25) is 0 Å². The average molecular weight is 393 g/mol. The van der Waals surface area contributed by atoms with E-state index in [1.54, 1.807) is 0 Å². The number of rotatable bonds is 2. The Morgan fingerprint density at radius 3 is 2.37 bits per heavy atom. The predicted octanol–water partition coefficient (Wildman–Crippen LogP) is 6.22. The maximum atomic E-state index is 6.14. The van der Waals surface area contributed by atoms with E-state index in [1.165, 1.54) is 22.3 Å². The van der Waals surface area contributed by atoms with Crippen LogP contribution in [-0.2, 0) is 0 Å². The Labute approximate surface area is 135 Å². The molecule has 1 aliphatic carbocycles. The van der Waals surface area contributed by atoms with Crippen LogP contribution in [0.4, 0.5) is 0 Å². The Hall–Kier alpha value is 0.00688. The van der Waals surface area contributed by atoms with Crippen molar-refractivity contribution in [2.75, 3.05) is 0 Å². The first kappa shape index (κ1) is 14.0. The molecule has 5 heteroatoms. The summed E-state index contributed by atoms with van der Waals surface area (Å²) in [5.74, 6) is 0.197. The van der Waals surface area contributed by atoms with Crippen LogP contribution in [0.5, 0.6) is 0 Å². The molecule has 1 aliphatic rings. The number of fused-ring (bicyclic) bond motifs is 3. The third-order valence-electron chi connectivity index (χ3n) is 3.45. The van der Waals surface area contributed by atoms with Crippen LogP contribution in [0, 0.1) is 0 Å². The molecule has 0 aliphatic heterocycles. The summed E-state index contributed by atoms with van der Waals surface area (Å²) in [6.45, 7) is 0. The van der Waals surface area contributed by atoms with Crippen molar-refractivity contribution in [1.82, 2.24) is 0 Å². The van der Waals surface area contributed by atoms with Gasteiger partial charge in [0.25, 0.3) is 0 Å². The molecule has 0 radical (unpaired) electrons. The normalized spacial score (nSPS) is 17.2. The zero-order chi connectivity index (χ0) is 13.6. The first-order chi connectivity index (χ1) is 8.96. The molecule has 19 heavy (non-hydrogen) atoms. The van der Waals surface area contributed by atoms with Crippen LogP contribution in [0.25, 0.3) is 11.1 Å². The van der Waals surface area contributed by atoms with Crippen molar-refractivity contribution in [2.24, 2.45) is 0 Å². The number of benzene rings is 2. The molecule has 0 N–H and O–H groups in total. The molecular formula is C14H10BrCl3Si. The Morgan fingerprint density at radius 1 is 0.947 bits per heavy atom. The van der Waals surface area contributed by atoms with E-state index < -0.39 is 6.00 Å². The van der Waals surface area contributed by atoms with Crippen LogP contribution in [-0.4, -0.2) is 6.00 Å². The largest absolute Gasteiger partial charge is 0.342 e. The molecule has 98 valence electrons. The van der Waals surface area contributed by atoms with E-state index in [9.17, 15) is 0 Å². The van der Waals surface area contributed by atoms with Crippen molar-refractivity contribution < 1.29 is 0 Å². The van der Waals surface area contributed by atoms with Crippen molar-refractivity contribution in [3.8, 4) is 11.1 Å². The minimum atomic E-state index is -2.68. The quantitative estimate of drug-likeness (QED) is 0.421. The monoisotopic (exact) mass is 390 g/mol. The molecule has 0 spiro atoms. The highest BCUT2D eigenvalue weighted by Crippen LogP contribution is 2.50. The molecule has 1 unspecified atom stereocenters. The van der Waals surface area contributed by atoms with Crippen LogP contribution in [0.2, 0.25) is 6.04 Å². The molecule has 2 aromatic carbocycles. The van der Waals surface area contributed by atoms with Gasteiger partial charge in [0.15, 0.2) is 0 Å². The third kappa shape index (κ3) is 2.74. The molecule has 0 bridgehead atoms. The Bertz CT molecular complexity index is 637. The fourth-order valence-corrected chi connectivity index (χ4v) is 5.40. The summed E-state index contributed by atoms with van der Waals surface area (Å²) in [6.07, 6.45) is 0. The van der Waals surface area contributed by atoms with E-state index in [2.05, 4.69) is 52.3 Å². The molecule has 3 rings (SSSR count). The van der Waals surface area contributed by atoms with E-state index >= 15 is 0 Å². The zero-order valence-electron chi connectivity index (χ0n) is 9.84. The molecule has 0 fully saturated rings. The van der Waals surface area contributed by atoms with E-state index in [0.717, 1.165) is 4.47 Å². The van der Waals surface area contributed by atoms with Crippen molar-refractivity contribution in [3.63, 3.8) is 0 Å². The average Bonchev–Trinajstić information content (AvgIpc) is 2.62. The summed E-state index contributed by atoms with van der Waals surface area (Å²) in [5.41, 5.74) is 5.05. The summed E-state index contributed by atoms with van der Waals surface area (Å²) >= 11 is 22.0. The van der Waals surface area contributed by atoms with Crippen LogP contribution in [0.1, 0.15) is 17.0 Å². The van der Waals surface area contributed by atoms with Crippen LogP contribution >= 0.6 is 49.2 Å². The van der Waals surface area contributed by atoms with E-state index in [4.69, 9.17) is 33.2 Å². The van der Waals surface area contributed by atoms with Gasteiger partial charge in [-0.25, -0.2) is 0 Å². The minimum absolute atomic E-state index is 0.197. The fraction of sp³-hybridized carbons (Fsp3) is 0.143. The van der Waals surface area contributed by atoms with Gasteiger partial charge in [-0.05, 0) is 40.4 Å². The summed E-state index contributed by atoms with van der Waals surface area (Å²) in [5, 5.41) is 0. The summed E-state index contributed by atoms with van der Waals surface area (Å²) < 4.78 is 1.06. The SMILES string of the molecule is Cl[Si](Cl)(Cl)CC1c2ccccc2-c2ccc(Br)cc21. The molecule has 1 atom stereocenters. The number of halogens is 4. The highest BCUT2D eigenvalue weighted by atomic mass is 79.9. The van der Waals surface area contributed by atoms with Gasteiger partial charge >= 0.3 is 6.00 Å². The van der Waals surface area contributed by atoms with E-state index in [0.29, 0.717) is 6.04 Å².